The van der Waals surface area contributed by atoms with Crippen molar-refractivity contribution in [1.82, 2.24) is 24.7 Å². The zero-order chi connectivity index (χ0) is 23.8. The summed E-state index contributed by atoms with van der Waals surface area (Å²) in [7, 11) is 0. The lowest BCUT2D eigenvalue weighted by Crippen LogP contribution is -2.14. The second kappa shape index (κ2) is 9.56. The van der Waals surface area contributed by atoms with Crippen molar-refractivity contribution in [2.75, 3.05) is 11.1 Å². The maximum Gasteiger partial charge on any atom is 0.236 e. The van der Waals surface area contributed by atoms with E-state index in [1.165, 1.54) is 29.5 Å². The third-order valence-corrected chi connectivity index (χ3v) is 8.16. The molecule has 1 aliphatic carbocycles. The highest BCUT2D eigenvalue weighted by molar-refractivity contribution is 7.99. The molecule has 3 heterocycles. The number of thioether (sulfide) groups is 1. The summed E-state index contributed by atoms with van der Waals surface area (Å²) in [4.78, 5) is 23.3. The van der Waals surface area contributed by atoms with Crippen molar-refractivity contribution in [3.05, 3.63) is 69.7 Å². The zero-order valence-electron chi connectivity index (χ0n) is 18.7. The van der Waals surface area contributed by atoms with Crippen LogP contribution in [0.15, 0.2) is 53.7 Å². The number of nitrogens with one attached hydrogen (secondary N) is 1. The third kappa shape index (κ3) is 4.63. The fraction of sp³-hybridized carbons (Fsp3) is 0.240. The van der Waals surface area contributed by atoms with Crippen molar-refractivity contribution in [3.8, 4) is 0 Å². The number of nitrogens with zero attached hydrogens (tertiary/aromatic N) is 5. The average Bonchev–Trinajstić information content (AvgIpc) is 3.41. The van der Waals surface area contributed by atoms with Crippen LogP contribution in [0.25, 0.3) is 22.1 Å². The molecular formula is C25H21ClN6OS2. The molecule has 0 spiro atoms. The second-order valence-corrected chi connectivity index (χ2v) is 10.9. The number of aromatic nitrogens is 5. The lowest BCUT2D eigenvalue weighted by atomic mass is 10.0. The van der Waals surface area contributed by atoms with Gasteiger partial charge in [-0.25, -0.2) is 9.97 Å². The van der Waals surface area contributed by atoms with Gasteiger partial charge in [0.2, 0.25) is 11.1 Å². The minimum atomic E-state index is -0.124. The van der Waals surface area contributed by atoms with Gasteiger partial charge in [-0.05, 0) is 49.4 Å². The highest BCUT2D eigenvalue weighted by Gasteiger charge is 2.18. The van der Waals surface area contributed by atoms with Gasteiger partial charge in [0, 0.05) is 21.8 Å². The molecule has 0 bridgehead atoms. The highest BCUT2D eigenvalue weighted by Crippen LogP contribution is 2.31. The van der Waals surface area contributed by atoms with Gasteiger partial charge in [-0.2, -0.15) is 0 Å². The lowest BCUT2D eigenvalue weighted by Gasteiger charge is -2.07. The van der Waals surface area contributed by atoms with Gasteiger partial charge < -0.3 is 9.88 Å². The number of anilines is 1. The standard InChI is InChI=1S/C25H21ClN6OS2/c26-16-10-11-19-17(12-16)22-23(32(19)13-15-6-2-1-3-7-15)29-25(31-30-22)34-14-21(33)28-24-27-18-8-4-5-9-20(18)35-24/h1-3,6-7,10-12H,4-5,8-9,13-14H2,(H,27,28,33). The number of carbonyl (C=O) groups excluding carboxylic acids is 1. The van der Waals surface area contributed by atoms with Crippen LogP contribution in [0.2, 0.25) is 5.02 Å². The van der Waals surface area contributed by atoms with E-state index in [1.54, 1.807) is 11.3 Å². The molecular weight excluding hydrogens is 500 g/mol. The number of carbonyl (C=O) groups is 1. The zero-order valence-corrected chi connectivity index (χ0v) is 21.1. The van der Waals surface area contributed by atoms with Crippen molar-refractivity contribution < 1.29 is 4.79 Å². The van der Waals surface area contributed by atoms with Gasteiger partial charge in [0.25, 0.3) is 0 Å². The topological polar surface area (TPSA) is 85.6 Å². The van der Waals surface area contributed by atoms with Crippen LogP contribution < -0.4 is 5.32 Å². The van der Waals surface area contributed by atoms with Crippen LogP contribution in [0.1, 0.15) is 29.0 Å². The Morgan fingerprint density at radius 3 is 2.80 bits per heavy atom. The number of thiazole rings is 1. The van der Waals surface area contributed by atoms with E-state index < -0.39 is 0 Å². The summed E-state index contributed by atoms with van der Waals surface area (Å²) in [6.07, 6.45) is 4.41. The molecule has 2 aromatic carbocycles. The van der Waals surface area contributed by atoms with Crippen molar-refractivity contribution >= 4 is 67.8 Å². The molecule has 6 rings (SSSR count). The summed E-state index contributed by atoms with van der Waals surface area (Å²) in [5, 5.41) is 14.4. The maximum atomic E-state index is 12.6. The molecule has 0 fully saturated rings. The van der Waals surface area contributed by atoms with Crippen LogP contribution in [-0.4, -0.2) is 36.4 Å². The maximum absolute atomic E-state index is 12.6. The molecule has 3 aromatic heterocycles. The van der Waals surface area contributed by atoms with E-state index in [4.69, 9.17) is 16.6 Å². The minimum absolute atomic E-state index is 0.124. The summed E-state index contributed by atoms with van der Waals surface area (Å²) in [5.41, 5.74) is 4.69. The van der Waals surface area contributed by atoms with E-state index in [2.05, 4.69) is 37.2 Å². The molecule has 10 heteroatoms. The van der Waals surface area contributed by atoms with E-state index in [9.17, 15) is 4.79 Å². The summed E-state index contributed by atoms with van der Waals surface area (Å²) in [6, 6.07) is 16.0. The molecule has 0 radical (unpaired) electrons. The first kappa shape index (κ1) is 22.5. The van der Waals surface area contributed by atoms with Crippen LogP contribution in [0.3, 0.4) is 0 Å². The number of benzene rings is 2. The molecule has 7 nitrogen and oxygen atoms in total. The summed E-state index contributed by atoms with van der Waals surface area (Å²) < 4.78 is 2.12. The van der Waals surface area contributed by atoms with E-state index in [1.807, 2.05) is 36.4 Å². The monoisotopic (exact) mass is 520 g/mol. The first-order chi connectivity index (χ1) is 17.1. The number of halogens is 1. The molecule has 0 unspecified atom stereocenters. The first-order valence-corrected chi connectivity index (χ1v) is 13.6. The predicted octanol–water partition coefficient (Wildman–Crippen LogP) is 5.75. The Kier molecular flexibility index (Phi) is 6.13. The Balaban J connectivity index is 1.25. The SMILES string of the molecule is O=C(CSc1nnc2c3cc(Cl)ccc3n(Cc3ccccc3)c2n1)Nc1nc2c(s1)CCCC2. The van der Waals surface area contributed by atoms with Crippen LogP contribution in [0.4, 0.5) is 5.13 Å². The van der Waals surface area contributed by atoms with Crippen LogP contribution in [-0.2, 0) is 24.2 Å². The molecule has 5 aromatic rings. The number of fused-ring (bicyclic) bond motifs is 4. The van der Waals surface area contributed by atoms with Gasteiger partial charge in [-0.1, -0.05) is 53.7 Å². The second-order valence-electron chi connectivity index (χ2n) is 8.43. The quantitative estimate of drug-likeness (QED) is 0.287. The third-order valence-electron chi connectivity index (χ3n) is 6.02. The summed E-state index contributed by atoms with van der Waals surface area (Å²) >= 11 is 9.12. The fourth-order valence-corrected chi connectivity index (χ4v) is 6.21. The van der Waals surface area contributed by atoms with Crippen molar-refractivity contribution in [3.63, 3.8) is 0 Å². The van der Waals surface area contributed by atoms with Gasteiger partial charge in [0.1, 0.15) is 5.52 Å². The predicted molar refractivity (Wildman–Crippen MR) is 141 cm³/mol. The van der Waals surface area contributed by atoms with E-state index >= 15 is 0 Å². The normalized spacial score (nSPS) is 13.3. The summed E-state index contributed by atoms with van der Waals surface area (Å²) in [5.74, 6) is 0.0590. The Labute approximate surface area is 215 Å². The number of hydrogen-bond acceptors (Lipinski definition) is 7. The van der Waals surface area contributed by atoms with E-state index in [-0.39, 0.29) is 11.7 Å². The van der Waals surface area contributed by atoms with Crippen molar-refractivity contribution in [1.29, 1.82) is 0 Å². The summed E-state index contributed by atoms with van der Waals surface area (Å²) in [6.45, 7) is 0.639. The highest BCUT2D eigenvalue weighted by atomic mass is 35.5. The molecule has 1 amide bonds. The van der Waals surface area contributed by atoms with Crippen LogP contribution >= 0.6 is 34.7 Å². The molecule has 0 atom stereocenters. The first-order valence-electron chi connectivity index (χ1n) is 11.4. The molecule has 176 valence electrons. The number of aryl methyl sites for hydroxylation is 2. The minimum Gasteiger partial charge on any atom is -0.319 e. The van der Waals surface area contributed by atoms with Crippen LogP contribution in [0.5, 0.6) is 0 Å². The molecule has 0 aliphatic heterocycles. The Hall–Kier alpha value is -3.01. The average molecular weight is 521 g/mol. The molecule has 1 N–H and O–H groups in total. The largest absolute Gasteiger partial charge is 0.319 e. The van der Waals surface area contributed by atoms with Gasteiger partial charge in [-0.3, -0.25) is 4.79 Å². The van der Waals surface area contributed by atoms with Gasteiger partial charge in [0.15, 0.2) is 10.8 Å². The molecule has 1 aliphatic rings. The van der Waals surface area contributed by atoms with Crippen molar-refractivity contribution in [2.24, 2.45) is 0 Å². The molecule has 0 saturated carbocycles. The number of hydrogen-bond donors (Lipinski definition) is 1. The van der Waals surface area contributed by atoms with E-state index in [0.717, 1.165) is 40.6 Å². The Bertz CT molecular complexity index is 1520. The number of rotatable bonds is 6. The van der Waals surface area contributed by atoms with Crippen LogP contribution in [0, 0.1) is 0 Å². The van der Waals surface area contributed by atoms with Crippen molar-refractivity contribution in [2.45, 2.75) is 37.4 Å². The smallest absolute Gasteiger partial charge is 0.236 e. The van der Waals surface area contributed by atoms with E-state index in [0.29, 0.717) is 27.4 Å². The molecule has 35 heavy (non-hydrogen) atoms. The number of amides is 1. The fourth-order valence-electron chi connectivity index (χ4n) is 4.39. The Morgan fingerprint density at radius 2 is 1.94 bits per heavy atom. The van der Waals surface area contributed by atoms with Gasteiger partial charge >= 0.3 is 0 Å². The molecule has 0 saturated heterocycles. The van der Waals surface area contributed by atoms with Gasteiger partial charge in [-0.15, -0.1) is 21.5 Å². The lowest BCUT2D eigenvalue weighted by molar-refractivity contribution is -0.113. The Morgan fingerprint density at radius 1 is 1.09 bits per heavy atom. The van der Waals surface area contributed by atoms with Gasteiger partial charge in [0.05, 0.1) is 17.0 Å².